The van der Waals surface area contributed by atoms with Crippen LogP contribution in [0.15, 0.2) is 36.8 Å². The lowest BCUT2D eigenvalue weighted by Gasteiger charge is -2.00. The first-order valence-corrected chi connectivity index (χ1v) is 5.00. The normalized spacial score (nSPS) is 10.8. The molecule has 0 saturated heterocycles. The Balaban J connectivity index is 2.18. The first kappa shape index (κ1) is 9.23. The second kappa shape index (κ2) is 3.53. The fourth-order valence-corrected chi connectivity index (χ4v) is 1.58. The molecule has 3 rings (SSSR count). The summed E-state index contributed by atoms with van der Waals surface area (Å²) in [6.07, 6.45) is 5.07. The SMILES string of the molecule is Clc1nccc(-c2ccc3nccn3n2)n1. The average molecular weight is 232 g/mol. The molecule has 3 aromatic heterocycles. The molecule has 0 spiro atoms. The highest BCUT2D eigenvalue weighted by Crippen LogP contribution is 2.15. The van der Waals surface area contributed by atoms with Crippen LogP contribution < -0.4 is 0 Å². The maximum Gasteiger partial charge on any atom is 0.222 e. The first-order valence-electron chi connectivity index (χ1n) is 4.62. The summed E-state index contributed by atoms with van der Waals surface area (Å²) >= 11 is 5.72. The van der Waals surface area contributed by atoms with Crippen molar-refractivity contribution in [3.8, 4) is 11.4 Å². The van der Waals surface area contributed by atoms with Crippen molar-refractivity contribution in [3.63, 3.8) is 0 Å². The van der Waals surface area contributed by atoms with Crippen molar-refractivity contribution < 1.29 is 0 Å². The van der Waals surface area contributed by atoms with Crippen molar-refractivity contribution in [2.75, 3.05) is 0 Å². The molecule has 3 heterocycles. The van der Waals surface area contributed by atoms with E-state index in [1.54, 1.807) is 29.2 Å². The molecule has 0 fully saturated rings. The second-order valence-corrected chi connectivity index (χ2v) is 3.50. The van der Waals surface area contributed by atoms with E-state index in [1.165, 1.54) is 0 Å². The maximum absolute atomic E-state index is 5.72. The van der Waals surface area contributed by atoms with E-state index >= 15 is 0 Å². The van der Waals surface area contributed by atoms with Gasteiger partial charge in [-0.3, -0.25) is 0 Å². The topological polar surface area (TPSA) is 56.0 Å². The van der Waals surface area contributed by atoms with Crippen LogP contribution in [0, 0.1) is 0 Å². The van der Waals surface area contributed by atoms with E-state index in [4.69, 9.17) is 11.6 Å². The van der Waals surface area contributed by atoms with Crippen LogP contribution in [0.3, 0.4) is 0 Å². The summed E-state index contributed by atoms with van der Waals surface area (Å²) in [6.45, 7) is 0. The Labute approximate surface area is 95.8 Å². The van der Waals surface area contributed by atoms with Gasteiger partial charge in [-0.05, 0) is 29.8 Å². The lowest BCUT2D eigenvalue weighted by Crippen LogP contribution is -1.95. The molecule has 78 valence electrons. The van der Waals surface area contributed by atoms with E-state index in [-0.39, 0.29) is 5.28 Å². The summed E-state index contributed by atoms with van der Waals surface area (Å²) in [7, 11) is 0. The number of nitrogens with zero attached hydrogens (tertiary/aromatic N) is 5. The smallest absolute Gasteiger partial charge is 0.222 e. The molecular formula is C10H6ClN5. The molecule has 0 radical (unpaired) electrons. The van der Waals surface area contributed by atoms with Gasteiger partial charge in [-0.1, -0.05) is 0 Å². The van der Waals surface area contributed by atoms with Gasteiger partial charge < -0.3 is 0 Å². The Morgan fingerprint density at radius 1 is 1.00 bits per heavy atom. The van der Waals surface area contributed by atoms with E-state index < -0.39 is 0 Å². The third-order valence-electron chi connectivity index (χ3n) is 2.14. The second-order valence-electron chi connectivity index (χ2n) is 3.16. The van der Waals surface area contributed by atoms with Crippen LogP contribution >= 0.6 is 11.6 Å². The van der Waals surface area contributed by atoms with Gasteiger partial charge in [0.2, 0.25) is 5.28 Å². The summed E-state index contributed by atoms with van der Waals surface area (Å²) in [6, 6.07) is 5.48. The quantitative estimate of drug-likeness (QED) is 0.600. The Bertz CT molecular complexity index is 648. The van der Waals surface area contributed by atoms with Gasteiger partial charge in [-0.25, -0.2) is 19.5 Å². The molecule has 0 bridgehead atoms. The summed E-state index contributed by atoms with van der Waals surface area (Å²) in [4.78, 5) is 12.0. The minimum atomic E-state index is 0.213. The van der Waals surface area contributed by atoms with E-state index in [1.807, 2.05) is 12.1 Å². The maximum atomic E-state index is 5.72. The molecule has 5 nitrogen and oxygen atoms in total. The number of imidazole rings is 1. The van der Waals surface area contributed by atoms with Crippen molar-refractivity contribution in [1.82, 2.24) is 24.6 Å². The van der Waals surface area contributed by atoms with Crippen LogP contribution in [0.5, 0.6) is 0 Å². The molecule has 16 heavy (non-hydrogen) atoms. The number of halogens is 1. The predicted octanol–water partition coefficient (Wildman–Crippen LogP) is 1.84. The molecule has 0 saturated carbocycles. The lowest BCUT2D eigenvalue weighted by atomic mass is 10.3. The van der Waals surface area contributed by atoms with Crippen LogP contribution in [0.25, 0.3) is 17.0 Å². The Morgan fingerprint density at radius 3 is 2.81 bits per heavy atom. The van der Waals surface area contributed by atoms with Crippen LogP contribution in [0.1, 0.15) is 0 Å². The monoisotopic (exact) mass is 231 g/mol. The summed E-state index contributed by atoms with van der Waals surface area (Å²) < 4.78 is 1.69. The van der Waals surface area contributed by atoms with E-state index in [0.29, 0.717) is 5.69 Å². The standard InChI is InChI=1S/C10H6ClN5/c11-10-13-4-3-7(14-10)8-1-2-9-12-5-6-16(9)15-8/h1-6H. The predicted molar refractivity (Wildman–Crippen MR) is 59.0 cm³/mol. The zero-order valence-electron chi connectivity index (χ0n) is 8.08. The first-order chi connectivity index (χ1) is 7.83. The minimum Gasteiger partial charge on any atom is -0.236 e. The molecule has 0 aliphatic rings. The lowest BCUT2D eigenvalue weighted by molar-refractivity contribution is 0.936. The summed E-state index contributed by atoms with van der Waals surface area (Å²) in [5.41, 5.74) is 2.22. The van der Waals surface area contributed by atoms with Crippen molar-refractivity contribution in [2.45, 2.75) is 0 Å². The largest absolute Gasteiger partial charge is 0.236 e. The minimum absolute atomic E-state index is 0.213. The fourth-order valence-electron chi connectivity index (χ4n) is 1.43. The Hall–Kier alpha value is -2.01. The van der Waals surface area contributed by atoms with Gasteiger partial charge in [0.1, 0.15) is 5.69 Å². The highest BCUT2D eigenvalue weighted by Gasteiger charge is 2.03. The van der Waals surface area contributed by atoms with Gasteiger partial charge in [-0.2, -0.15) is 5.10 Å². The van der Waals surface area contributed by atoms with Crippen molar-refractivity contribution in [2.24, 2.45) is 0 Å². The molecule has 0 N–H and O–H groups in total. The Morgan fingerprint density at radius 2 is 1.94 bits per heavy atom. The van der Waals surface area contributed by atoms with E-state index in [2.05, 4.69) is 20.1 Å². The number of hydrogen-bond donors (Lipinski definition) is 0. The van der Waals surface area contributed by atoms with Gasteiger partial charge in [0, 0.05) is 18.6 Å². The third-order valence-corrected chi connectivity index (χ3v) is 2.33. The molecule has 3 aromatic rings. The van der Waals surface area contributed by atoms with Crippen LogP contribution in [-0.4, -0.2) is 24.6 Å². The van der Waals surface area contributed by atoms with Crippen molar-refractivity contribution in [3.05, 3.63) is 42.1 Å². The van der Waals surface area contributed by atoms with Crippen molar-refractivity contribution >= 4 is 17.2 Å². The molecule has 0 unspecified atom stereocenters. The zero-order valence-corrected chi connectivity index (χ0v) is 8.83. The molecular weight excluding hydrogens is 226 g/mol. The molecule has 0 aromatic carbocycles. The third kappa shape index (κ3) is 1.51. The van der Waals surface area contributed by atoms with E-state index in [0.717, 1.165) is 11.3 Å². The van der Waals surface area contributed by atoms with Crippen LogP contribution in [0.2, 0.25) is 5.28 Å². The fraction of sp³-hybridized carbons (Fsp3) is 0. The molecule has 0 aliphatic heterocycles. The highest BCUT2D eigenvalue weighted by atomic mass is 35.5. The van der Waals surface area contributed by atoms with Gasteiger partial charge in [0.25, 0.3) is 0 Å². The number of rotatable bonds is 1. The number of aromatic nitrogens is 5. The molecule has 0 amide bonds. The van der Waals surface area contributed by atoms with Crippen molar-refractivity contribution in [1.29, 1.82) is 0 Å². The van der Waals surface area contributed by atoms with Gasteiger partial charge in [-0.15, -0.1) is 0 Å². The molecule has 0 aliphatic carbocycles. The van der Waals surface area contributed by atoms with Crippen LogP contribution in [-0.2, 0) is 0 Å². The summed E-state index contributed by atoms with van der Waals surface area (Å²) in [5, 5.41) is 4.56. The number of fused-ring (bicyclic) bond motifs is 1. The average Bonchev–Trinajstić information content (AvgIpc) is 2.75. The molecule has 6 heteroatoms. The van der Waals surface area contributed by atoms with Gasteiger partial charge in [0.15, 0.2) is 5.65 Å². The van der Waals surface area contributed by atoms with Gasteiger partial charge >= 0.3 is 0 Å². The summed E-state index contributed by atoms with van der Waals surface area (Å²) in [5.74, 6) is 0. The zero-order chi connectivity index (χ0) is 11.0. The van der Waals surface area contributed by atoms with Gasteiger partial charge in [0.05, 0.1) is 5.69 Å². The highest BCUT2D eigenvalue weighted by molar-refractivity contribution is 6.28. The molecule has 0 atom stereocenters. The Kier molecular flexibility index (Phi) is 2.04. The van der Waals surface area contributed by atoms with Crippen LogP contribution in [0.4, 0.5) is 0 Å². The van der Waals surface area contributed by atoms with E-state index in [9.17, 15) is 0 Å². The number of hydrogen-bond acceptors (Lipinski definition) is 4.